The molecule has 8 aromatic rings. The van der Waals surface area contributed by atoms with E-state index in [2.05, 4.69) is 199 Å². The van der Waals surface area contributed by atoms with Crippen LogP contribution in [0.5, 0.6) is 11.5 Å². The van der Waals surface area contributed by atoms with Gasteiger partial charge in [0.1, 0.15) is 5.82 Å². The minimum absolute atomic E-state index is 0. The van der Waals surface area contributed by atoms with E-state index in [-0.39, 0.29) is 37.3 Å². The molecule has 0 atom stereocenters. The predicted molar refractivity (Wildman–Crippen MR) is 236 cm³/mol. The molecule has 9 rings (SSSR count). The molecule has 3 aromatic heterocycles. The van der Waals surface area contributed by atoms with E-state index in [0.29, 0.717) is 11.5 Å². The third-order valence-corrected chi connectivity index (χ3v) is 12.0. The van der Waals surface area contributed by atoms with Crippen LogP contribution in [0.15, 0.2) is 115 Å². The van der Waals surface area contributed by atoms with Crippen molar-refractivity contribution in [3.05, 3.63) is 151 Å². The molecule has 0 saturated carbocycles. The first-order valence-corrected chi connectivity index (χ1v) is 20.2. The zero-order valence-corrected chi connectivity index (χ0v) is 37.1. The average Bonchev–Trinajstić information content (AvgIpc) is 3.83. The van der Waals surface area contributed by atoms with Crippen molar-refractivity contribution >= 4 is 65.3 Å². The predicted octanol–water partition coefficient (Wildman–Crippen LogP) is 14.1. The van der Waals surface area contributed by atoms with Crippen molar-refractivity contribution in [2.24, 2.45) is 0 Å². The van der Waals surface area contributed by atoms with Gasteiger partial charge in [-0.25, -0.2) is 4.98 Å². The van der Waals surface area contributed by atoms with Crippen LogP contribution >= 0.6 is 11.3 Å². The number of ether oxygens (including phenoxy) is 1. The van der Waals surface area contributed by atoms with Crippen LogP contribution in [-0.4, -0.2) is 9.55 Å². The Kier molecular flexibility index (Phi) is 9.69. The summed E-state index contributed by atoms with van der Waals surface area (Å²) in [5, 5.41) is 2.34. The quantitative estimate of drug-likeness (QED) is 0.161. The van der Waals surface area contributed by atoms with Gasteiger partial charge in [0, 0.05) is 70.6 Å². The summed E-state index contributed by atoms with van der Waals surface area (Å²) in [7, 11) is 0. The maximum atomic E-state index is 6.80. The Morgan fingerprint density at radius 1 is 0.614 bits per heavy atom. The molecule has 0 saturated heterocycles. The minimum Gasteiger partial charge on any atom is -0.509 e. The number of para-hydroxylation sites is 2. The Labute approximate surface area is 355 Å². The Morgan fingerprint density at radius 3 is 1.98 bits per heavy atom. The number of anilines is 4. The summed E-state index contributed by atoms with van der Waals surface area (Å²) >= 11 is 1.81. The molecule has 0 amide bonds. The van der Waals surface area contributed by atoms with Gasteiger partial charge >= 0.3 is 0 Å². The Bertz CT molecular complexity index is 2780. The largest absolute Gasteiger partial charge is 0.509 e. The summed E-state index contributed by atoms with van der Waals surface area (Å²) in [4.78, 5) is 9.42. The summed E-state index contributed by atoms with van der Waals surface area (Å²) in [6, 6.07) is 46.3. The van der Waals surface area contributed by atoms with Gasteiger partial charge in [-0.05, 0) is 69.8 Å². The molecule has 1 aliphatic rings. The number of rotatable bonds is 5. The fraction of sp³-hybridized carbons (Fsp3) is 0.240. The number of hydrogen-bond acceptors (Lipinski definition) is 5. The molecule has 1 aliphatic heterocycles. The van der Waals surface area contributed by atoms with Gasteiger partial charge in [-0.2, -0.15) is 6.07 Å². The molecule has 7 heteroatoms. The molecule has 0 radical (unpaired) electrons. The third-order valence-electron chi connectivity index (χ3n) is 10.8. The van der Waals surface area contributed by atoms with Gasteiger partial charge < -0.3 is 19.1 Å². The summed E-state index contributed by atoms with van der Waals surface area (Å²) < 4.78 is 11.5. The topological polar surface area (TPSA) is 33.5 Å². The van der Waals surface area contributed by atoms with E-state index >= 15 is 0 Å². The first-order chi connectivity index (χ1) is 26.6. The molecular weight excluding hydrogens is 900 g/mol. The number of hydrogen-bond donors (Lipinski definition) is 0. The first-order valence-electron chi connectivity index (χ1n) is 19.4. The van der Waals surface area contributed by atoms with Gasteiger partial charge in [0.2, 0.25) is 0 Å². The monoisotopic (exact) mass is 946 g/mol. The molecule has 0 fully saturated rings. The van der Waals surface area contributed by atoms with Crippen molar-refractivity contribution < 1.29 is 25.8 Å². The third kappa shape index (κ3) is 7.06. The van der Waals surface area contributed by atoms with E-state index in [4.69, 9.17) is 9.72 Å². The average molecular weight is 947 g/mol. The minimum atomic E-state index is -0.138. The smallest absolute Gasteiger partial charge is 0.135 e. The van der Waals surface area contributed by atoms with Crippen LogP contribution in [0.3, 0.4) is 0 Å². The molecule has 4 heterocycles. The Morgan fingerprint density at radius 2 is 1.28 bits per heavy atom. The summed E-state index contributed by atoms with van der Waals surface area (Å²) in [5.74, 6) is 2.14. The first kappa shape index (κ1) is 38.9. The van der Waals surface area contributed by atoms with Crippen molar-refractivity contribution in [1.29, 1.82) is 0 Å². The summed E-state index contributed by atoms with van der Waals surface area (Å²) in [5.41, 5.74) is 9.92. The number of thiophene rings is 1. The Balaban J connectivity index is 0.00000455. The van der Waals surface area contributed by atoms with E-state index in [9.17, 15) is 0 Å². The molecule has 0 bridgehead atoms. The number of aromatic nitrogens is 2. The number of pyridine rings is 1. The molecule has 5 aromatic carbocycles. The van der Waals surface area contributed by atoms with E-state index in [1.165, 1.54) is 25.9 Å². The van der Waals surface area contributed by atoms with Gasteiger partial charge in [0.05, 0.1) is 5.52 Å². The van der Waals surface area contributed by atoms with Crippen molar-refractivity contribution in [3.8, 4) is 17.3 Å². The van der Waals surface area contributed by atoms with Gasteiger partial charge in [-0.1, -0.05) is 116 Å². The molecule has 0 aliphatic carbocycles. The zero-order chi connectivity index (χ0) is 39.1. The van der Waals surface area contributed by atoms with Gasteiger partial charge in [0.25, 0.3) is 0 Å². The molecule has 0 unspecified atom stereocenters. The van der Waals surface area contributed by atoms with E-state index in [0.717, 1.165) is 50.6 Å². The van der Waals surface area contributed by atoms with Crippen molar-refractivity contribution in [3.63, 3.8) is 0 Å². The van der Waals surface area contributed by atoms with Crippen LogP contribution in [0.2, 0.25) is 0 Å². The van der Waals surface area contributed by atoms with E-state index < -0.39 is 0 Å². The van der Waals surface area contributed by atoms with Crippen LogP contribution < -0.4 is 14.5 Å². The molecule has 57 heavy (non-hydrogen) atoms. The van der Waals surface area contributed by atoms with Crippen molar-refractivity contribution in [2.45, 2.75) is 78.6 Å². The Hall–Kier alpha value is -4.90. The van der Waals surface area contributed by atoms with Gasteiger partial charge in [-0.15, -0.1) is 59.6 Å². The SMILES string of the molecule is CC(C)(C)c1ccc(N2[CH-]N(c3[c-]c(Oc4[c-]c5c(cc4)c4sc6ccccc6c4n5-c4cc(C(C)(C)C)ccn4)cc(C(C)(C)C)c3)c3ccccc32)cc1.[Pt]. The fourth-order valence-corrected chi connectivity index (χ4v) is 8.78. The van der Waals surface area contributed by atoms with Crippen LogP contribution in [0, 0.1) is 18.8 Å². The molecule has 0 spiro atoms. The normalized spacial score (nSPS) is 13.4. The van der Waals surface area contributed by atoms with Crippen LogP contribution in [-0.2, 0) is 37.3 Å². The second-order valence-corrected chi connectivity index (χ2v) is 19.0. The van der Waals surface area contributed by atoms with E-state index in [1.54, 1.807) is 0 Å². The molecule has 0 N–H and O–H groups in total. The van der Waals surface area contributed by atoms with Crippen molar-refractivity contribution in [2.75, 3.05) is 9.80 Å². The fourth-order valence-electron chi connectivity index (χ4n) is 7.56. The zero-order valence-electron chi connectivity index (χ0n) is 34.0. The second-order valence-electron chi connectivity index (χ2n) is 18.0. The van der Waals surface area contributed by atoms with E-state index in [1.807, 2.05) is 23.6 Å². The maximum absolute atomic E-state index is 6.80. The summed E-state index contributed by atoms with van der Waals surface area (Å²) in [6.45, 7) is 22.3. The standard InChI is InChI=1S/C50H47N4OS.Pt/c1-48(2,3)32-18-20-35(21-19-32)52-31-53(42-16-12-11-15-41(42)52)36-26-34(50(7,8)9)27-38(29-36)55-37-22-23-39-43(30-37)54(45-28-33(24-25-51-45)49(4,5)6)46-40-14-10-13-17-44(40)56-47(39)46;/h10-28,31H,1-9H3;/q-3;. The molecule has 5 nitrogen and oxygen atoms in total. The number of benzene rings is 5. The second kappa shape index (κ2) is 14.2. The van der Waals surface area contributed by atoms with Crippen LogP contribution in [0.1, 0.15) is 79.0 Å². The maximum Gasteiger partial charge on any atom is 0.135 e. The van der Waals surface area contributed by atoms with Gasteiger partial charge in [-0.3, -0.25) is 0 Å². The van der Waals surface area contributed by atoms with Crippen LogP contribution in [0.25, 0.3) is 37.0 Å². The number of fused-ring (bicyclic) bond motifs is 6. The molecule has 292 valence electrons. The number of nitrogens with zero attached hydrogens (tertiary/aromatic N) is 4. The van der Waals surface area contributed by atoms with Crippen LogP contribution in [0.4, 0.5) is 22.7 Å². The van der Waals surface area contributed by atoms with Crippen molar-refractivity contribution in [1.82, 2.24) is 9.55 Å². The van der Waals surface area contributed by atoms with Gasteiger partial charge in [0.15, 0.2) is 0 Å². The summed E-state index contributed by atoms with van der Waals surface area (Å²) in [6.07, 6.45) is 1.92. The molecular formula is C50H47N4OPtS-3.